The van der Waals surface area contributed by atoms with E-state index in [1.807, 2.05) is 13.8 Å². The molecule has 0 unspecified atom stereocenters. The Kier molecular flexibility index (Phi) is 6.71. The molecule has 0 N–H and O–H groups in total. The summed E-state index contributed by atoms with van der Waals surface area (Å²) in [6.45, 7) is 4.74. The lowest BCUT2D eigenvalue weighted by molar-refractivity contribution is 0.0461. The number of carbonyl (C=O) groups excluding carboxylic acids is 2. The summed E-state index contributed by atoms with van der Waals surface area (Å²) in [7, 11) is 0. The topological polar surface area (TPSA) is 65.7 Å². The van der Waals surface area contributed by atoms with Crippen molar-refractivity contribution in [3.05, 3.63) is 23.7 Å². The van der Waals surface area contributed by atoms with Crippen LogP contribution >= 0.6 is 0 Å². The first-order chi connectivity index (χ1) is 9.19. The van der Waals surface area contributed by atoms with Crippen molar-refractivity contribution in [2.75, 3.05) is 13.2 Å². The standard InChI is InChI=1S/C14H20O5/c1-3-5-7-17-13(15)11-9-12(19-10-11)14(16)18-8-6-4-2/h9-10H,3-8H2,1-2H3. The van der Waals surface area contributed by atoms with Crippen LogP contribution in [0.1, 0.15) is 60.4 Å². The fraction of sp³-hybridized carbons (Fsp3) is 0.571. The van der Waals surface area contributed by atoms with E-state index in [0.717, 1.165) is 25.7 Å². The molecule has 0 atom stereocenters. The van der Waals surface area contributed by atoms with E-state index in [4.69, 9.17) is 13.9 Å². The third-order valence-corrected chi connectivity index (χ3v) is 2.50. The summed E-state index contributed by atoms with van der Waals surface area (Å²) in [5, 5.41) is 0. The zero-order chi connectivity index (χ0) is 14.1. The molecule has 0 spiro atoms. The maximum Gasteiger partial charge on any atom is 0.374 e. The zero-order valence-corrected chi connectivity index (χ0v) is 11.4. The molecule has 0 saturated carbocycles. The molecular formula is C14H20O5. The first-order valence-corrected chi connectivity index (χ1v) is 6.61. The lowest BCUT2D eigenvalue weighted by atomic mass is 10.3. The Morgan fingerprint density at radius 2 is 1.63 bits per heavy atom. The number of furan rings is 1. The predicted molar refractivity (Wildman–Crippen MR) is 69.1 cm³/mol. The summed E-state index contributed by atoms with van der Waals surface area (Å²) in [6.07, 6.45) is 4.73. The van der Waals surface area contributed by atoms with Gasteiger partial charge in [-0.2, -0.15) is 0 Å². The summed E-state index contributed by atoms with van der Waals surface area (Å²) in [6, 6.07) is 1.35. The Morgan fingerprint density at radius 3 is 2.21 bits per heavy atom. The number of hydrogen-bond donors (Lipinski definition) is 0. The molecule has 5 nitrogen and oxygen atoms in total. The highest BCUT2D eigenvalue weighted by Gasteiger charge is 2.17. The number of rotatable bonds is 8. The van der Waals surface area contributed by atoms with Gasteiger partial charge in [-0.25, -0.2) is 9.59 Å². The van der Waals surface area contributed by atoms with Gasteiger partial charge in [0, 0.05) is 6.07 Å². The third-order valence-electron chi connectivity index (χ3n) is 2.50. The van der Waals surface area contributed by atoms with Gasteiger partial charge in [0.15, 0.2) is 0 Å². The quantitative estimate of drug-likeness (QED) is 0.535. The van der Waals surface area contributed by atoms with E-state index in [0.29, 0.717) is 13.2 Å². The summed E-state index contributed by atoms with van der Waals surface area (Å²) in [4.78, 5) is 23.1. The van der Waals surface area contributed by atoms with Gasteiger partial charge in [-0.1, -0.05) is 26.7 Å². The van der Waals surface area contributed by atoms with Crippen LogP contribution in [0.15, 0.2) is 16.7 Å². The first-order valence-electron chi connectivity index (χ1n) is 6.61. The van der Waals surface area contributed by atoms with Gasteiger partial charge in [0.1, 0.15) is 6.26 Å². The highest BCUT2D eigenvalue weighted by atomic mass is 16.5. The van der Waals surface area contributed by atoms with Crippen LogP contribution in [-0.2, 0) is 9.47 Å². The molecule has 5 heteroatoms. The molecular weight excluding hydrogens is 248 g/mol. The number of hydrogen-bond acceptors (Lipinski definition) is 5. The molecule has 0 aromatic carbocycles. The second kappa shape index (κ2) is 8.34. The molecule has 19 heavy (non-hydrogen) atoms. The largest absolute Gasteiger partial charge is 0.462 e. The maximum atomic E-state index is 11.6. The van der Waals surface area contributed by atoms with Crippen molar-refractivity contribution < 1.29 is 23.5 Å². The van der Waals surface area contributed by atoms with Crippen molar-refractivity contribution in [2.45, 2.75) is 39.5 Å². The monoisotopic (exact) mass is 268 g/mol. The van der Waals surface area contributed by atoms with Crippen LogP contribution in [0.3, 0.4) is 0 Å². The second-order valence-corrected chi connectivity index (χ2v) is 4.18. The summed E-state index contributed by atoms with van der Waals surface area (Å²) in [5.74, 6) is -1.01. The molecule has 106 valence electrons. The lowest BCUT2D eigenvalue weighted by Gasteiger charge is -2.00. The molecule has 1 heterocycles. The number of ether oxygens (including phenoxy) is 2. The Hall–Kier alpha value is -1.78. The van der Waals surface area contributed by atoms with Gasteiger partial charge in [-0.15, -0.1) is 0 Å². The van der Waals surface area contributed by atoms with Crippen molar-refractivity contribution in [2.24, 2.45) is 0 Å². The molecule has 0 saturated heterocycles. The van der Waals surface area contributed by atoms with E-state index in [-0.39, 0.29) is 11.3 Å². The average Bonchev–Trinajstić information content (AvgIpc) is 2.89. The normalized spacial score (nSPS) is 10.2. The Balaban J connectivity index is 2.46. The number of esters is 2. The van der Waals surface area contributed by atoms with E-state index in [2.05, 4.69) is 0 Å². The van der Waals surface area contributed by atoms with E-state index in [9.17, 15) is 9.59 Å². The molecule has 0 amide bonds. The third kappa shape index (κ3) is 5.16. The van der Waals surface area contributed by atoms with Crippen molar-refractivity contribution >= 4 is 11.9 Å². The Morgan fingerprint density at radius 1 is 1.05 bits per heavy atom. The zero-order valence-electron chi connectivity index (χ0n) is 11.4. The van der Waals surface area contributed by atoms with Crippen LogP contribution in [0, 0.1) is 0 Å². The van der Waals surface area contributed by atoms with Crippen LogP contribution in [0.25, 0.3) is 0 Å². The van der Waals surface area contributed by atoms with Crippen LogP contribution in [0.4, 0.5) is 0 Å². The van der Waals surface area contributed by atoms with E-state index in [1.165, 1.54) is 12.3 Å². The van der Waals surface area contributed by atoms with Crippen LogP contribution in [-0.4, -0.2) is 25.2 Å². The van der Waals surface area contributed by atoms with Gasteiger partial charge in [0.05, 0.1) is 18.8 Å². The molecule has 0 aliphatic carbocycles. The van der Waals surface area contributed by atoms with Gasteiger partial charge in [0.2, 0.25) is 5.76 Å². The molecule has 1 aromatic rings. The molecule has 0 bridgehead atoms. The minimum Gasteiger partial charge on any atom is -0.462 e. The minimum atomic E-state index is -0.555. The van der Waals surface area contributed by atoms with Crippen LogP contribution in [0.2, 0.25) is 0 Å². The number of carbonyl (C=O) groups is 2. The first kappa shape index (κ1) is 15.3. The van der Waals surface area contributed by atoms with Gasteiger partial charge >= 0.3 is 11.9 Å². The minimum absolute atomic E-state index is 0.0264. The van der Waals surface area contributed by atoms with Crippen molar-refractivity contribution in [3.63, 3.8) is 0 Å². The fourth-order valence-electron chi connectivity index (χ4n) is 1.32. The highest BCUT2D eigenvalue weighted by molar-refractivity contribution is 5.93. The van der Waals surface area contributed by atoms with Gasteiger partial charge < -0.3 is 13.9 Å². The predicted octanol–water partition coefficient (Wildman–Crippen LogP) is 3.19. The van der Waals surface area contributed by atoms with Crippen molar-refractivity contribution in [1.82, 2.24) is 0 Å². The van der Waals surface area contributed by atoms with Gasteiger partial charge in [-0.3, -0.25) is 0 Å². The molecule has 0 aliphatic rings. The Bertz CT molecular complexity index is 371. The average molecular weight is 268 g/mol. The van der Waals surface area contributed by atoms with Gasteiger partial charge in [0.25, 0.3) is 0 Å². The molecule has 0 aliphatic heterocycles. The molecule has 1 rings (SSSR count). The maximum absolute atomic E-state index is 11.6. The highest BCUT2D eigenvalue weighted by Crippen LogP contribution is 2.11. The smallest absolute Gasteiger partial charge is 0.374 e. The second-order valence-electron chi connectivity index (χ2n) is 4.18. The summed E-state index contributed by atoms with van der Waals surface area (Å²) >= 11 is 0. The molecule has 1 aromatic heterocycles. The summed E-state index contributed by atoms with van der Waals surface area (Å²) < 4.78 is 15.0. The molecule has 0 fully saturated rings. The Labute approximate surface area is 112 Å². The fourth-order valence-corrected chi connectivity index (χ4v) is 1.32. The van der Waals surface area contributed by atoms with Crippen LogP contribution < -0.4 is 0 Å². The molecule has 0 radical (unpaired) electrons. The summed E-state index contributed by atoms with van der Waals surface area (Å²) in [5.41, 5.74) is 0.235. The lowest BCUT2D eigenvalue weighted by Crippen LogP contribution is -2.06. The van der Waals surface area contributed by atoms with Gasteiger partial charge in [-0.05, 0) is 12.8 Å². The van der Waals surface area contributed by atoms with E-state index < -0.39 is 11.9 Å². The van der Waals surface area contributed by atoms with Crippen molar-refractivity contribution in [3.8, 4) is 0 Å². The van der Waals surface area contributed by atoms with E-state index >= 15 is 0 Å². The van der Waals surface area contributed by atoms with Crippen LogP contribution in [0.5, 0.6) is 0 Å². The van der Waals surface area contributed by atoms with E-state index in [1.54, 1.807) is 0 Å². The SMILES string of the molecule is CCCCOC(=O)c1coc(C(=O)OCCCC)c1. The van der Waals surface area contributed by atoms with Crippen molar-refractivity contribution in [1.29, 1.82) is 0 Å². The number of unbranched alkanes of at least 4 members (excludes halogenated alkanes) is 2.